The fraction of sp³-hybridized carbons (Fsp3) is 0.833. The van der Waals surface area contributed by atoms with Crippen LogP contribution in [0.5, 0.6) is 0 Å². The first-order chi connectivity index (χ1) is 8.74. The van der Waals surface area contributed by atoms with Gasteiger partial charge in [-0.3, -0.25) is 4.90 Å². The van der Waals surface area contributed by atoms with E-state index in [2.05, 4.69) is 22.1 Å². The van der Waals surface area contributed by atoms with E-state index in [-0.39, 0.29) is 12.1 Å². The van der Waals surface area contributed by atoms with Gasteiger partial charge in [0.2, 0.25) is 5.89 Å². The second-order valence-corrected chi connectivity index (χ2v) is 6.38. The predicted octanol–water partition coefficient (Wildman–Crippen LogP) is 1.10. The number of hydrogen-bond donors (Lipinski definition) is 1. The molecule has 1 saturated heterocycles. The van der Waals surface area contributed by atoms with E-state index in [4.69, 9.17) is 4.52 Å². The van der Waals surface area contributed by atoms with Crippen molar-refractivity contribution >= 4 is 11.8 Å². The fourth-order valence-corrected chi connectivity index (χ4v) is 3.48. The maximum Gasteiger partial charge on any atom is 0.229 e. The summed E-state index contributed by atoms with van der Waals surface area (Å²) >= 11 is 1.93. The second kappa shape index (κ2) is 5.19. The summed E-state index contributed by atoms with van der Waals surface area (Å²) in [6.07, 6.45) is 2.45. The number of aromatic nitrogens is 2. The molecule has 1 saturated carbocycles. The minimum absolute atomic E-state index is 0.249. The number of thioether (sulfide) groups is 1. The lowest BCUT2D eigenvalue weighted by Crippen LogP contribution is -2.33. The molecular formula is C12H19N3O2S. The molecule has 2 fully saturated rings. The standard InChI is InChI=1S/C12H19N3O2S/c1-15-4-5-18-7-9(15)12-13-11(17-14-12)6-10(16)8-2-3-8/h8-10,16H,2-7H2,1H3. The van der Waals surface area contributed by atoms with Crippen molar-refractivity contribution in [2.45, 2.75) is 31.4 Å². The molecule has 0 radical (unpaired) electrons. The van der Waals surface area contributed by atoms with Crippen molar-refractivity contribution in [3.63, 3.8) is 0 Å². The largest absolute Gasteiger partial charge is 0.392 e. The Labute approximate surface area is 111 Å². The molecule has 18 heavy (non-hydrogen) atoms. The van der Waals surface area contributed by atoms with Crippen LogP contribution in [0.1, 0.15) is 30.6 Å². The Balaban J connectivity index is 1.64. The third kappa shape index (κ3) is 2.70. The molecular weight excluding hydrogens is 250 g/mol. The van der Waals surface area contributed by atoms with Crippen LogP contribution >= 0.6 is 11.8 Å². The first-order valence-electron chi connectivity index (χ1n) is 6.52. The zero-order chi connectivity index (χ0) is 12.5. The van der Waals surface area contributed by atoms with Crippen molar-refractivity contribution in [1.29, 1.82) is 0 Å². The molecule has 2 unspecified atom stereocenters. The first-order valence-corrected chi connectivity index (χ1v) is 7.68. The highest BCUT2D eigenvalue weighted by atomic mass is 32.2. The number of aliphatic hydroxyl groups is 1. The minimum Gasteiger partial charge on any atom is -0.392 e. The van der Waals surface area contributed by atoms with Crippen molar-refractivity contribution in [3.8, 4) is 0 Å². The van der Waals surface area contributed by atoms with E-state index in [1.54, 1.807) is 0 Å². The zero-order valence-corrected chi connectivity index (χ0v) is 11.4. The second-order valence-electron chi connectivity index (χ2n) is 5.23. The predicted molar refractivity (Wildman–Crippen MR) is 69.4 cm³/mol. The SMILES string of the molecule is CN1CCSCC1c1noc(CC(O)C2CC2)n1. The van der Waals surface area contributed by atoms with Crippen LogP contribution in [-0.2, 0) is 6.42 Å². The van der Waals surface area contributed by atoms with Gasteiger partial charge in [-0.15, -0.1) is 0 Å². The molecule has 5 nitrogen and oxygen atoms in total. The monoisotopic (exact) mass is 269 g/mol. The smallest absolute Gasteiger partial charge is 0.229 e. The van der Waals surface area contributed by atoms with E-state index in [0.717, 1.165) is 36.7 Å². The van der Waals surface area contributed by atoms with Crippen molar-refractivity contribution in [2.24, 2.45) is 5.92 Å². The third-order valence-corrected chi connectivity index (χ3v) is 4.75. The Morgan fingerprint density at radius 2 is 2.39 bits per heavy atom. The molecule has 0 spiro atoms. The summed E-state index contributed by atoms with van der Waals surface area (Å²) in [6, 6.07) is 0.249. The van der Waals surface area contributed by atoms with E-state index < -0.39 is 0 Å². The van der Waals surface area contributed by atoms with Gasteiger partial charge in [-0.05, 0) is 25.8 Å². The maximum absolute atomic E-state index is 9.87. The van der Waals surface area contributed by atoms with Crippen LogP contribution in [0.25, 0.3) is 0 Å². The number of rotatable bonds is 4. The molecule has 1 aromatic heterocycles. The molecule has 3 rings (SSSR count). The first kappa shape index (κ1) is 12.4. The molecule has 1 N–H and O–H groups in total. The fourth-order valence-electron chi connectivity index (χ4n) is 2.27. The summed E-state index contributed by atoms with van der Waals surface area (Å²) in [7, 11) is 2.10. The highest BCUT2D eigenvalue weighted by Crippen LogP contribution is 2.34. The third-order valence-electron chi connectivity index (χ3n) is 3.73. The molecule has 2 heterocycles. The maximum atomic E-state index is 9.87. The van der Waals surface area contributed by atoms with Crippen LogP contribution in [0.2, 0.25) is 0 Å². The average Bonchev–Trinajstić information content (AvgIpc) is 3.12. The van der Waals surface area contributed by atoms with Crippen molar-refractivity contribution < 1.29 is 9.63 Å². The average molecular weight is 269 g/mol. The van der Waals surface area contributed by atoms with Crippen molar-refractivity contribution in [3.05, 3.63) is 11.7 Å². The van der Waals surface area contributed by atoms with E-state index in [9.17, 15) is 5.11 Å². The molecule has 1 aliphatic heterocycles. The molecule has 100 valence electrons. The Hall–Kier alpha value is -0.590. The summed E-state index contributed by atoms with van der Waals surface area (Å²) in [6.45, 7) is 1.06. The summed E-state index contributed by atoms with van der Waals surface area (Å²) in [5.41, 5.74) is 0. The normalized spacial score (nSPS) is 27.3. The van der Waals surface area contributed by atoms with Gasteiger partial charge >= 0.3 is 0 Å². The van der Waals surface area contributed by atoms with E-state index in [1.165, 1.54) is 0 Å². The van der Waals surface area contributed by atoms with Crippen LogP contribution in [-0.4, -0.2) is 51.3 Å². The Kier molecular flexibility index (Phi) is 3.59. The zero-order valence-electron chi connectivity index (χ0n) is 10.6. The molecule has 1 aromatic rings. The van der Waals surface area contributed by atoms with Crippen molar-refractivity contribution in [2.75, 3.05) is 25.1 Å². The molecule has 1 aliphatic carbocycles. The van der Waals surface area contributed by atoms with Gasteiger partial charge in [0.05, 0.1) is 18.6 Å². The molecule has 0 aromatic carbocycles. The van der Waals surface area contributed by atoms with Gasteiger partial charge in [0.1, 0.15) is 0 Å². The van der Waals surface area contributed by atoms with Gasteiger partial charge < -0.3 is 9.63 Å². The van der Waals surface area contributed by atoms with Gasteiger partial charge in [-0.1, -0.05) is 5.16 Å². The summed E-state index contributed by atoms with van der Waals surface area (Å²) in [5, 5.41) is 13.9. The number of nitrogens with zero attached hydrogens (tertiary/aromatic N) is 3. The van der Waals surface area contributed by atoms with E-state index in [1.807, 2.05) is 11.8 Å². The molecule has 0 bridgehead atoms. The molecule has 2 aliphatic rings. The highest BCUT2D eigenvalue weighted by Gasteiger charge is 2.32. The van der Waals surface area contributed by atoms with Crippen LogP contribution in [0.4, 0.5) is 0 Å². The summed E-state index contributed by atoms with van der Waals surface area (Å²) in [5.74, 6) is 3.97. The van der Waals surface area contributed by atoms with E-state index >= 15 is 0 Å². The van der Waals surface area contributed by atoms with Gasteiger partial charge in [0, 0.05) is 18.1 Å². The lowest BCUT2D eigenvalue weighted by atomic mass is 10.2. The number of aliphatic hydroxyl groups excluding tert-OH is 1. The number of hydrogen-bond acceptors (Lipinski definition) is 6. The van der Waals surface area contributed by atoms with Crippen molar-refractivity contribution in [1.82, 2.24) is 15.0 Å². The van der Waals surface area contributed by atoms with Gasteiger partial charge in [0.25, 0.3) is 0 Å². The van der Waals surface area contributed by atoms with Gasteiger partial charge in [-0.2, -0.15) is 16.7 Å². The van der Waals surface area contributed by atoms with Gasteiger partial charge in [0.15, 0.2) is 5.82 Å². The molecule has 2 atom stereocenters. The summed E-state index contributed by atoms with van der Waals surface area (Å²) in [4.78, 5) is 6.71. The topological polar surface area (TPSA) is 62.4 Å². The Bertz CT molecular complexity index is 408. The molecule has 0 amide bonds. The lowest BCUT2D eigenvalue weighted by molar-refractivity contribution is 0.140. The quantitative estimate of drug-likeness (QED) is 0.883. The minimum atomic E-state index is -0.309. The van der Waals surface area contributed by atoms with E-state index in [0.29, 0.717) is 18.2 Å². The lowest BCUT2D eigenvalue weighted by Gasteiger charge is -2.29. The summed E-state index contributed by atoms with van der Waals surface area (Å²) < 4.78 is 5.26. The van der Waals surface area contributed by atoms with Crippen LogP contribution < -0.4 is 0 Å². The van der Waals surface area contributed by atoms with Gasteiger partial charge in [-0.25, -0.2) is 0 Å². The van der Waals surface area contributed by atoms with Crippen LogP contribution in [0, 0.1) is 5.92 Å². The van der Waals surface area contributed by atoms with Crippen LogP contribution in [0.3, 0.4) is 0 Å². The Morgan fingerprint density at radius 3 is 3.11 bits per heavy atom. The Morgan fingerprint density at radius 1 is 1.56 bits per heavy atom. The van der Waals surface area contributed by atoms with Crippen LogP contribution in [0.15, 0.2) is 4.52 Å². The highest BCUT2D eigenvalue weighted by molar-refractivity contribution is 7.99. The molecule has 6 heteroatoms.